The van der Waals surface area contributed by atoms with Crippen molar-refractivity contribution in [3.63, 3.8) is 0 Å². The molecule has 0 heterocycles. The Morgan fingerprint density at radius 2 is 1.61 bits per heavy atom. The lowest BCUT2D eigenvalue weighted by Crippen LogP contribution is -2.02. The van der Waals surface area contributed by atoms with Gasteiger partial charge in [0.05, 0.1) is 17.7 Å². The van der Waals surface area contributed by atoms with Crippen molar-refractivity contribution in [3.05, 3.63) is 60.2 Å². The van der Waals surface area contributed by atoms with E-state index in [2.05, 4.69) is 4.36 Å². The van der Waals surface area contributed by atoms with Crippen molar-refractivity contribution >= 4 is 15.7 Å². The van der Waals surface area contributed by atoms with Gasteiger partial charge in [-0.25, -0.2) is 4.21 Å². The summed E-state index contributed by atoms with van der Waals surface area (Å²) in [5.74, 6) is 0. The van der Waals surface area contributed by atoms with Crippen LogP contribution in [-0.2, 0) is 14.2 Å². The smallest absolute Gasteiger partial charge is 0.198 e. The molecular formula is C14H15NO2S. The van der Waals surface area contributed by atoms with Gasteiger partial charge in [0.15, 0.2) is 10.0 Å². The lowest BCUT2D eigenvalue weighted by molar-refractivity contribution is 0.436. The number of hydrogen-bond acceptors (Lipinski definition) is 3. The minimum atomic E-state index is -2.85. The van der Waals surface area contributed by atoms with Gasteiger partial charge < -0.3 is 0 Å². The van der Waals surface area contributed by atoms with Crippen molar-refractivity contribution in [1.82, 2.24) is 0 Å². The molecule has 1 atom stereocenters. The Morgan fingerprint density at radius 1 is 1.00 bits per heavy atom. The van der Waals surface area contributed by atoms with Gasteiger partial charge in [-0.15, -0.1) is 0 Å². The molecule has 0 saturated heterocycles. The molecule has 0 spiro atoms. The summed E-state index contributed by atoms with van der Waals surface area (Å²) in [7, 11) is -1.44. The fraction of sp³-hybridized carbons (Fsp3) is 0.143. The van der Waals surface area contributed by atoms with E-state index in [0.29, 0.717) is 10.6 Å². The Kier molecular flexibility index (Phi) is 3.79. The number of rotatable bonds is 3. The van der Waals surface area contributed by atoms with Crippen molar-refractivity contribution in [2.24, 2.45) is 4.36 Å². The van der Waals surface area contributed by atoms with Crippen LogP contribution in [0, 0.1) is 6.92 Å². The van der Waals surface area contributed by atoms with Gasteiger partial charge in [0.2, 0.25) is 0 Å². The third-order valence-electron chi connectivity index (χ3n) is 2.53. The molecule has 2 aromatic carbocycles. The third kappa shape index (κ3) is 2.78. The van der Waals surface area contributed by atoms with Crippen molar-refractivity contribution in [2.45, 2.75) is 11.8 Å². The van der Waals surface area contributed by atoms with Gasteiger partial charge in [-0.05, 0) is 31.2 Å². The number of aryl methyl sites for hydroxylation is 1. The van der Waals surface area contributed by atoms with E-state index < -0.39 is 10.0 Å². The molecule has 0 N–H and O–H groups in total. The monoisotopic (exact) mass is 261 g/mol. The van der Waals surface area contributed by atoms with Gasteiger partial charge in [-0.2, -0.15) is 4.36 Å². The molecule has 0 bridgehead atoms. The molecule has 0 saturated carbocycles. The van der Waals surface area contributed by atoms with E-state index in [1.54, 1.807) is 24.3 Å². The van der Waals surface area contributed by atoms with Crippen LogP contribution in [0.15, 0.2) is 63.9 Å². The summed E-state index contributed by atoms with van der Waals surface area (Å²) in [5.41, 5.74) is 1.75. The molecule has 0 aromatic heterocycles. The molecule has 2 aromatic rings. The normalized spacial score (nSPS) is 13.9. The molecule has 94 valence electrons. The summed E-state index contributed by atoms with van der Waals surface area (Å²) in [6.45, 7) is 1.98. The summed E-state index contributed by atoms with van der Waals surface area (Å²) in [4.78, 5) is 0.583. The van der Waals surface area contributed by atoms with Gasteiger partial charge in [0, 0.05) is 0 Å². The highest BCUT2D eigenvalue weighted by atomic mass is 32.2. The van der Waals surface area contributed by atoms with E-state index in [4.69, 9.17) is 4.18 Å². The predicted octanol–water partition coefficient (Wildman–Crippen LogP) is 3.72. The second-order valence-electron chi connectivity index (χ2n) is 3.88. The number of nitrogens with zero attached hydrogens (tertiary/aromatic N) is 1. The molecular weight excluding hydrogens is 246 g/mol. The number of benzene rings is 2. The zero-order chi connectivity index (χ0) is 13.0. The van der Waals surface area contributed by atoms with Crippen molar-refractivity contribution in [3.8, 4) is 0 Å². The maximum absolute atomic E-state index is 12.6. The zero-order valence-corrected chi connectivity index (χ0v) is 11.2. The van der Waals surface area contributed by atoms with Crippen LogP contribution < -0.4 is 0 Å². The third-order valence-corrected chi connectivity index (χ3v) is 4.30. The SMILES string of the molecule is COS(=O)(=Nc1ccccc1)c1ccc(C)cc1. The Hall–Kier alpha value is -1.65. The summed E-state index contributed by atoms with van der Waals surface area (Å²) in [5, 5.41) is 0. The average Bonchev–Trinajstić information content (AvgIpc) is 2.40. The quantitative estimate of drug-likeness (QED) is 0.844. The summed E-state index contributed by atoms with van der Waals surface area (Å²) < 4.78 is 22.0. The van der Waals surface area contributed by atoms with Gasteiger partial charge in [-0.1, -0.05) is 35.9 Å². The van der Waals surface area contributed by atoms with Crippen LogP contribution >= 0.6 is 0 Å². The molecule has 0 aliphatic carbocycles. The van der Waals surface area contributed by atoms with Crippen LogP contribution in [-0.4, -0.2) is 11.3 Å². The molecule has 0 fully saturated rings. The second-order valence-corrected chi connectivity index (χ2v) is 5.82. The highest BCUT2D eigenvalue weighted by Crippen LogP contribution is 2.21. The molecule has 2 rings (SSSR count). The highest BCUT2D eigenvalue weighted by Gasteiger charge is 2.11. The lowest BCUT2D eigenvalue weighted by Gasteiger charge is -2.08. The largest absolute Gasteiger partial charge is 0.284 e. The zero-order valence-electron chi connectivity index (χ0n) is 10.4. The van der Waals surface area contributed by atoms with E-state index >= 15 is 0 Å². The van der Waals surface area contributed by atoms with E-state index in [0.717, 1.165) is 5.56 Å². The molecule has 0 aliphatic heterocycles. The van der Waals surface area contributed by atoms with Crippen molar-refractivity contribution in [1.29, 1.82) is 0 Å². The second kappa shape index (κ2) is 5.33. The molecule has 0 aliphatic rings. The predicted molar refractivity (Wildman–Crippen MR) is 73.1 cm³/mol. The van der Waals surface area contributed by atoms with Crippen LogP contribution in [0.25, 0.3) is 0 Å². The molecule has 0 radical (unpaired) electrons. The fourth-order valence-corrected chi connectivity index (χ4v) is 2.78. The minimum Gasteiger partial charge on any atom is -0.284 e. The Bertz CT molecular complexity index is 627. The molecule has 1 unspecified atom stereocenters. The van der Waals surface area contributed by atoms with Gasteiger partial charge in [0.1, 0.15) is 0 Å². The first kappa shape index (κ1) is 12.8. The van der Waals surface area contributed by atoms with Gasteiger partial charge >= 0.3 is 0 Å². The topological polar surface area (TPSA) is 38.7 Å². The Labute approximate surface area is 108 Å². The Morgan fingerprint density at radius 3 is 2.17 bits per heavy atom. The first-order chi connectivity index (χ1) is 8.64. The van der Waals surface area contributed by atoms with Crippen LogP contribution in [0.3, 0.4) is 0 Å². The number of hydrogen-bond donors (Lipinski definition) is 0. The Balaban J connectivity index is 2.52. The first-order valence-corrected chi connectivity index (χ1v) is 7.02. The minimum absolute atomic E-state index is 0.583. The van der Waals surface area contributed by atoms with Crippen LogP contribution in [0.4, 0.5) is 5.69 Å². The fourth-order valence-electron chi connectivity index (χ4n) is 1.52. The van der Waals surface area contributed by atoms with Crippen molar-refractivity contribution in [2.75, 3.05) is 7.11 Å². The van der Waals surface area contributed by atoms with Crippen LogP contribution in [0.1, 0.15) is 5.56 Å². The van der Waals surface area contributed by atoms with Crippen LogP contribution in [0.2, 0.25) is 0 Å². The van der Waals surface area contributed by atoms with Gasteiger partial charge in [0.25, 0.3) is 0 Å². The average molecular weight is 261 g/mol. The first-order valence-electron chi connectivity index (χ1n) is 5.58. The van der Waals surface area contributed by atoms with E-state index in [9.17, 15) is 4.21 Å². The summed E-state index contributed by atoms with van der Waals surface area (Å²) in [6, 6.07) is 16.6. The summed E-state index contributed by atoms with van der Waals surface area (Å²) >= 11 is 0. The van der Waals surface area contributed by atoms with Crippen molar-refractivity contribution < 1.29 is 8.39 Å². The van der Waals surface area contributed by atoms with E-state index in [-0.39, 0.29) is 0 Å². The highest BCUT2D eigenvalue weighted by molar-refractivity contribution is 7.89. The van der Waals surface area contributed by atoms with E-state index in [1.165, 1.54) is 7.11 Å². The summed E-state index contributed by atoms with van der Waals surface area (Å²) in [6.07, 6.45) is 0. The maximum Gasteiger partial charge on any atom is 0.198 e. The molecule has 4 heteroatoms. The molecule has 3 nitrogen and oxygen atoms in total. The lowest BCUT2D eigenvalue weighted by atomic mass is 10.2. The molecule has 0 amide bonds. The van der Waals surface area contributed by atoms with E-state index in [1.807, 2.05) is 37.3 Å². The van der Waals surface area contributed by atoms with Crippen LogP contribution in [0.5, 0.6) is 0 Å². The maximum atomic E-state index is 12.6. The molecule has 18 heavy (non-hydrogen) atoms. The standard InChI is InChI=1S/C14H15NO2S/c1-12-8-10-14(11-9-12)18(16,17-2)15-13-6-4-3-5-7-13/h3-11H,1-2H3. The van der Waals surface area contributed by atoms with Gasteiger partial charge in [-0.3, -0.25) is 4.18 Å².